The SMILES string of the molecule is COc1ccc(-c2cc(C(=O)NCc3c(C)cc(C)[nH]c3=O)c3ccccc3n2)cc1OC. The number of para-hydroxylation sites is 1. The Morgan fingerprint density at radius 2 is 1.76 bits per heavy atom. The number of pyridine rings is 2. The molecule has 4 rings (SSSR count). The molecule has 0 bridgehead atoms. The molecular weight excluding hydrogens is 418 g/mol. The molecule has 0 unspecified atom stereocenters. The standard InChI is InChI=1S/C26H25N3O4/c1-15-11-16(2)28-26(31)20(15)14-27-25(30)19-13-22(29-21-8-6-5-7-18(19)21)17-9-10-23(32-3)24(12-17)33-4/h5-13H,14H2,1-4H3,(H,27,30)(H,28,31). The van der Waals surface area contributed by atoms with E-state index in [-0.39, 0.29) is 18.0 Å². The van der Waals surface area contributed by atoms with E-state index in [9.17, 15) is 9.59 Å². The van der Waals surface area contributed by atoms with Crippen molar-refractivity contribution in [3.8, 4) is 22.8 Å². The number of aryl methyl sites for hydroxylation is 2. The molecule has 2 aromatic carbocycles. The number of aromatic amines is 1. The lowest BCUT2D eigenvalue weighted by Gasteiger charge is -2.13. The Morgan fingerprint density at radius 3 is 2.48 bits per heavy atom. The molecule has 0 spiro atoms. The van der Waals surface area contributed by atoms with Crippen LogP contribution >= 0.6 is 0 Å². The molecule has 2 heterocycles. The predicted octanol–water partition coefficient (Wildman–Crippen LogP) is 4.15. The van der Waals surface area contributed by atoms with Crippen LogP contribution in [0.5, 0.6) is 11.5 Å². The van der Waals surface area contributed by atoms with Gasteiger partial charge in [0.25, 0.3) is 11.5 Å². The number of amides is 1. The molecule has 1 amide bonds. The number of aromatic nitrogens is 2. The van der Waals surface area contributed by atoms with E-state index >= 15 is 0 Å². The van der Waals surface area contributed by atoms with E-state index in [0.717, 1.165) is 22.2 Å². The van der Waals surface area contributed by atoms with Crippen LogP contribution in [0.1, 0.15) is 27.2 Å². The van der Waals surface area contributed by atoms with Crippen LogP contribution in [-0.2, 0) is 6.54 Å². The van der Waals surface area contributed by atoms with Crippen LogP contribution in [0.2, 0.25) is 0 Å². The van der Waals surface area contributed by atoms with Gasteiger partial charge in [0, 0.05) is 28.8 Å². The normalized spacial score (nSPS) is 10.8. The Kier molecular flexibility index (Phi) is 6.13. The van der Waals surface area contributed by atoms with Gasteiger partial charge in [-0.25, -0.2) is 4.98 Å². The van der Waals surface area contributed by atoms with E-state index < -0.39 is 0 Å². The summed E-state index contributed by atoms with van der Waals surface area (Å²) in [7, 11) is 3.15. The van der Waals surface area contributed by atoms with Crippen LogP contribution in [0.25, 0.3) is 22.2 Å². The zero-order chi connectivity index (χ0) is 23.5. The summed E-state index contributed by atoms with van der Waals surface area (Å²) < 4.78 is 10.7. The van der Waals surface area contributed by atoms with Gasteiger partial charge in [-0.2, -0.15) is 0 Å². The van der Waals surface area contributed by atoms with Crippen LogP contribution in [0.15, 0.2) is 59.4 Å². The molecule has 0 fully saturated rings. The van der Waals surface area contributed by atoms with Gasteiger partial charge >= 0.3 is 0 Å². The van der Waals surface area contributed by atoms with Gasteiger partial charge in [0.05, 0.1) is 31.0 Å². The molecule has 0 aliphatic heterocycles. The lowest BCUT2D eigenvalue weighted by atomic mass is 10.0. The van der Waals surface area contributed by atoms with Gasteiger partial charge < -0.3 is 19.8 Å². The second-order valence-electron chi connectivity index (χ2n) is 7.77. The molecule has 4 aromatic rings. The lowest BCUT2D eigenvalue weighted by molar-refractivity contribution is 0.0952. The molecular formula is C26H25N3O4. The van der Waals surface area contributed by atoms with Gasteiger partial charge in [-0.15, -0.1) is 0 Å². The molecule has 0 saturated carbocycles. The molecule has 2 aromatic heterocycles. The Bertz CT molecular complexity index is 1410. The minimum atomic E-state index is -0.283. The van der Waals surface area contributed by atoms with Crippen molar-refractivity contribution in [1.82, 2.24) is 15.3 Å². The fourth-order valence-electron chi connectivity index (χ4n) is 3.87. The van der Waals surface area contributed by atoms with Gasteiger partial charge in [-0.1, -0.05) is 18.2 Å². The first kappa shape index (κ1) is 22.1. The second kappa shape index (κ2) is 9.16. The molecule has 33 heavy (non-hydrogen) atoms. The van der Waals surface area contributed by atoms with Gasteiger partial charge in [0.1, 0.15) is 0 Å². The molecule has 2 N–H and O–H groups in total. The quantitative estimate of drug-likeness (QED) is 0.467. The summed E-state index contributed by atoms with van der Waals surface area (Å²) >= 11 is 0. The van der Waals surface area contributed by atoms with Crippen molar-refractivity contribution in [1.29, 1.82) is 0 Å². The molecule has 0 radical (unpaired) electrons. The number of fused-ring (bicyclic) bond motifs is 1. The van der Waals surface area contributed by atoms with Crippen LogP contribution in [0.4, 0.5) is 0 Å². The van der Waals surface area contributed by atoms with E-state index in [0.29, 0.717) is 33.8 Å². The fraction of sp³-hybridized carbons (Fsp3) is 0.192. The minimum absolute atomic E-state index is 0.128. The number of hydrogen-bond donors (Lipinski definition) is 2. The van der Waals surface area contributed by atoms with E-state index in [1.165, 1.54) is 0 Å². The number of methoxy groups -OCH3 is 2. The third-order valence-corrected chi connectivity index (χ3v) is 5.56. The highest BCUT2D eigenvalue weighted by atomic mass is 16.5. The van der Waals surface area contributed by atoms with E-state index in [2.05, 4.69) is 10.3 Å². The smallest absolute Gasteiger partial charge is 0.253 e. The predicted molar refractivity (Wildman–Crippen MR) is 128 cm³/mol. The van der Waals surface area contributed by atoms with Crippen molar-refractivity contribution in [3.05, 3.63) is 87.3 Å². The monoisotopic (exact) mass is 443 g/mol. The summed E-state index contributed by atoms with van der Waals surface area (Å²) in [6.45, 7) is 3.82. The molecule has 0 aliphatic rings. The van der Waals surface area contributed by atoms with Crippen molar-refractivity contribution < 1.29 is 14.3 Å². The zero-order valence-electron chi connectivity index (χ0n) is 19.0. The number of hydrogen-bond acceptors (Lipinski definition) is 5. The van der Waals surface area contributed by atoms with E-state index in [1.54, 1.807) is 26.4 Å². The zero-order valence-corrected chi connectivity index (χ0v) is 19.0. The number of benzene rings is 2. The minimum Gasteiger partial charge on any atom is -0.493 e. The van der Waals surface area contributed by atoms with Gasteiger partial charge in [0.15, 0.2) is 11.5 Å². The van der Waals surface area contributed by atoms with Crippen LogP contribution in [-0.4, -0.2) is 30.1 Å². The largest absolute Gasteiger partial charge is 0.493 e. The summed E-state index contributed by atoms with van der Waals surface area (Å²) in [4.78, 5) is 33.1. The molecule has 168 valence electrons. The van der Waals surface area contributed by atoms with Crippen molar-refractivity contribution in [2.75, 3.05) is 14.2 Å². The number of carbonyl (C=O) groups excluding carboxylic acids is 1. The average molecular weight is 444 g/mol. The maximum atomic E-state index is 13.2. The third-order valence-electron chi connectivity index (χ3n) is 5.56. The molecule has 0 saturated heterocycles. The Hall–Kier alpha value is -4.13. The summed E-state index contributed by atoms with van der Waals surface area (Å²) in [6, 6.07) is 16.6. The maximum Gasteiger partial charge on any atom is 0.253 e. The Morgan fingerprint density at radius 1 is 1.00 bits per heavy atom. The topological polar surface area (TPSA) is 93.3 Å². The van der Waals surface area contributed by atoms with Gasteiger partial charge in [0.2, 0.25) is 0 Å². The molecule has 0 aliphatic carbocycles. The number of carbonyl (C=O) groups is 1. The highest BCUT2D eigenvalue weighted by Gasteiger charge is 2.16. The highest BCUT2D eigenvalue weighted by molar-refractivity contribution is 6.07. The van der Waals surface area contributed by atoms with Crippen molar-refractivity contribution >= 4 is 16.8 Å². The summed E-state index contributed by atoms with van der Waals surface area (Å²) in [5, 5.41) is 3.63. The van der Waals surface area contributed by atoms with Crippen LogP contribution in [0.3, 0.4) is 0 Å². The van der Waals surface area contributed by atoms with Gasteiger partial charge in [-0.05, 0) is 55.8 Å². The maximum absolute atomic E-state index is 13.2. The summed E-state index contributed by atoms with van der Waals surface area (Å²) in [5.41, 5.74) is 4.55. The summed E-state index contributed by atoms with van der Waals surface area (Å²) in [6.07, 6.45) is 0. The van der Waals surface area contributed by atoms with Crippen molar-refractivity contribution in [3.63, 3.8) is 0 Å². The van der Waals surface area contributed by atoms with Crippen LogP contribution < -0.4 is 20.3 Å². The van der Waals surface area contributed by atoms with Crippen LogP contribution in [0, 0.1) is 13.8 Å². The number of nitrogens with one attached hydrogen (secondary N) is 2. The highest BCUT2D eigenvalue weighted by Crippen LogP contribution is 2.33. The van der Waals surface area contributed by atoms with E-state index in [1.807, 2.05) is 56.3 Å². The lowest BCUT2D eigenvalue weighted by Crippen LogP contribution is -2.28. The van der Waals surface area contributed by atoms with Crippen molar-refractivity contribution in [2.24, 2.45) is 0 Å². The number of rotatable bonds is 6. The first-order valence-corrected chi connectivity index (χ1v) is 10.5. The first-order valence-electron chi connectivity index (χ1n) is 10.5. The number of H-pyrrole nitrogens is 1. The molecule has 0 atom stereocenters. The first-order chi connectivity index (χ1) is 15.9. The average Bonchev–Trinajstić information content (AvgIpc) is 2.82. The summed E-state index contributed by atoms with van der Waals surface area (Å²) in [5.74, 6) is 0.901. The molecule has 7 nitrogen and oxygen atoms in total. The second-order valence-corrected chi connectivity index (χ2v) is 7.77. The molecule has 7 heteroatoms. The Balaban J connectivity index is 1.73. The number of ether oxygens (including phenoxy) is 2. The van der Waals surface area contributed by atoms with Gasteiger partial charge in [-0.3, -0.25) is 9.59 Å². The third kappa shape index (κ3) is 4.43. The van der Waals surface area contributed by atoms with Crippen molar-refractivity contribution in [2.45, 2.75) is 20.4 Å². The van der Waals surface area contributed by atoms with E-state index in [4.69, 9.17) is 14.5 Å². The Labute approximate surface area is 191 Å². The number of nitrogens with zero attached hydrogens (tertiary/aromatic N) is 1. The fourth-order valence-corrected chi connectivity index (χ4v) is 3.87.